The SMILES string of the molecule is Cc1nc2cc(Oc3ccc4nc(NC(=O)C5CC5)cn4n3)ccc2n1C. The minimum absolute atomic E-state index is 0.0221. The fraction of sp³-hybridized carbons (Fsp3) is 0.263. The smallest absolute Gasteiger partial charge is 0.237 e. The second-order valence-electron chi connectivity index (χ2n) is 6.83. The number of imidazole rings is 2. The van der Waals surface area contributed by atoms with Gasteiger partial charge in [0, 0.05) is 25.1 Å². The van der Waals surface area contributed by atoms with Gasteiger partial charge in [-0.2, -0.15) is 0 Å². The third kappa shape index (κ3) is 2.88. The lowest BCUT2D eigenvalue weighted by molar-refractivity contribution is -0.117. The molecule has 8 nitrogen and oxygen atoms in total. The highest BCUT2D eigenvalue weighted by molar-refractivity contribution is 5.93. The normalized spacial score (nSPS) is 14.0. The number of nitrogens with one attached hydrogen (secondary N) is 1. The van der Waals surface area contributed by atoms with Crippen molar-refractivity contribution in [3.8, 4) is 11.6 Å². The average Bonchev–Trinajstić information content (AvgIpc) is 3.36. The van der Waals surface area contributed by atoms with Crippen LogP contribution in [0.15, 0.2) is 36.5 Å². The highest BCUT2D eigenvalue weighted by Gasteiger charge is 2.30. The summed E-state index contributed by atoms with van der Waals surface area (Å²) in [7, 11) is 1.99. The maximum Gasteiger partial charge on any atom is 0.237 e. The van der Waals surface area contributed by atoms with Gasteiger partial charge in [-0.3, -0.25) is 4.79 Å². The Labute approximate surface area is 154 Å². The molecular formula is C19H18N6O2. The first kappa shape index (κ1) is 15.8. The Kier molecular flexibility index (Phi) is 3.40. The molecule has 0 aliphatic heterocycles. The van der Waals surface area contributed by atoms with Crippen molar-refractivity contribution in [2.24, 2.45) is 13.0 Å². The van der Waals surface area contributed by atoms with Crippen LogP contribution >= 0.6 is 0 Å². The van der Waals surface area contributed by atoms with Gasteiger partial charge in [0.25, 0.3) is 0 Å². The van der Waals surface area contributed by atoms with Crippen LogP contribution in [0.4, 0.5) is 5.82 Å². The number of aryl methyl sites for hydroxylation is 2. The van der Waals surface area contributed by atoms with E-state index in [0.717, 1.165) is 29.7 Å². The van der Waals surface area contributed by atoms with Crippen molar-refractivity contribution in [1.29, 1.82) is 0 Å². The molecule has 1 aromatic carbocycles. The van der Waals surface area contributed by atoms with E-state index in [9.17, 15) is 4.79 Å². The number of benzene rings is 1. The van der Waals surface area contributed by atoms with Crippen molar-refractivity contribution in [2.75, 3.05) is 5.32 Å². The van der Waals surface area contributed by atoms with E-state index >= 15 is 0 Å². The first-order chi connectivity index (χ1) is 13.1. The van der Waals surface area contributed by atoms with Crippen LogP contribution in [-0.2, 0) is 11.8 Å². The monoisotopic (exact) mass is 362 g/mol. The van der Waals surface area contributed by atoms with Crippen LogP contribution < -0.4 is 10.1 Å². The number of carbonyl (C=O) groups excluding carboxylic acids is 1. The zero-order valence-corrected chi connectivity index (χ0v) is 15.0. The predicted molar refractivity (Wildman–Crippen MR) is 99.9 cm³/mol. The minimum atomic E-state index is 0.0221. The molecule has 8 heteroatoms. The van der Waals surface area contributed by atoms with Crippen LogP contribution in [0.1, 0.15) is 18.7 Å². The van der Waals surface area contributed by atoms with Gasteiger partial charge >= 0.3 is 0 Å². The van der Waals surface area contributed by atoms with Gasteiger partial charge in [-0.25, -0.2) is 14.5 Å². The molecule has 1 aliphatic carbocycles. The van der Waals surface area contributed by atoms with E-state index < -0.39 is 0 Å². The summed E-state index contributed by atoms with van der Waals surface area (Å²) in [5, 5.41) is 7.24. The number of carbonyl (C=O) groups is 1. The molecule has 0 atom stereocenters. The van der Waals surface area contributed by atoms with Crippen molar-refractivity contribution < 1.29 is 9.53 Å². The summed E-state index contributed by atoms with van der Waals surface area (Å²) in [4.78, 5) is 20.8. The zero-order chi connectivity index (χ0) is 18.5. The number of hydrogen-bond acceptors (Lipinski definition) is 5. The fourth-order valence-corrected chi connectivity index (χ4v) is 3.04. The number of anilines is 1. The molecule has 3 heterocycles. The molecule has 1 aliphatic rings. The third-order valence-corrected chi connectivity index (χ3v) is 4.79. The van der Waals surface area contributed by atoms with Crippen LogP contribution in [-0.4, -0.2) is 30.1 Å². The Morgan fingerprint density at radius 1 is 1.22 bits per heavy atom. The van der Waals surface area contributed by atoms with E-state index in [4.69, 9.17) is 4.74 Å². The topological polar surface area (TPSA) is 86.3 Å². The van der Waals surface area contributed by atoms with Gasteiger partial charge in [0.1, 0.15) is 11.6 Å². The predicted octanol–water partition coefficient (Wildman–Crippen LogP) is 3.07. The quantitative estimate of drug-likeness (QED) is 0.603. The van der Waals surface area contributed by atoms with Gasteiger partial charge < -0.3 is 14.6 Å². The zero-order valence-electron chi connectivity index (χ0n) is 15.0. The van der Waals surface area contributed by atoms with E-state index in [-0.39, 0.29) is 11.8 Å². The summed E-state index contributed by atoms with van der Waals surface area (Å²) >= 11 is 0. The Morgan fingerprint density at radius 3 is 2.89 bits per heavy atom. The Balaban J connectivity index is 1.40. The largest absolute Gasteiger partial charge is 0.438 e. The molecule has 136 valence electrons. The molecule has 0 spiro atoms. The molecule has 4 aromatic rings. The Hall–Kier alpha value is -3.42. The molecule has 3 aromatic heterocycles. The van der Waals surface area contributed by atoms with Gasteiger partial charge in [0.2, 0.25) is 11.8 Å². The van der Waals surface area contributed by atoms with Gasteiger partial charge in [0.05, 0.1) is 17.2 Å². The molecule has 1 saturated carbocycles. The Morgan fingerprint density at radius 2 is 2.07 bits per heavy atom. The Bertz CT molecular complexity index is 1190. The van der Waals surface area contributed by atoms with Crippen LogP contribution in [0.3, 0.4) is 0 Å². The summed E-state index contributed by atoms with van der Waals surface area (Å²) in [6, 6.07) is 9.32. The second kappa shape index (κ2) is 5.80. The molecule has 1 N–H and O–H groups in total. The highest BCUT2D eigenvalue weighted by atomic mass is 16.5. The number of ether oxygens (including phenoxy) is 1. The van der Waals surface area contributed by atoms with Gasteiger partial charge in [-0.05, 0) is 38.0 Å². The van der Waals surface area contributed by atoms with Crippen LogP contribution in [0.25, 0.3) is 16.7 Å². The standard InChI is InChI=1S/C19H18N6O2/c1-11-20-14-9-13(5-6-15(14)24(11)2)27-18-8-7-17-21-16(10-25(17)23-18)22-19(26)12-3-4-12/h5-10,12H,3-4H2,1-2H3,(H,22,26). The number of hydrogen-bond donors (Lipinski definition) is 1. The molecule has 27 heavy (non-hydrogen) atoms. The molecule has 1 amide bonds. The van der Waals surface area contributed by atoms with Crippen molar-refractivity contribution in [3.63, 3.8) is 0 Å². The number of rotatable bonds is 4. The lowest BCUT2D eigenvalue weighted by Crippen LogP contribution is -2.13. The maximum atomic E-state index is 11.9. The van der Waals surface area contributed by atoms with Crippen molar-refractivity contribution >= 4 is 28.4 Å². The average molecular weight is 362 g/mol. The summed E-state index contributed by atoms with van der Waals surface area (Å²) in [6.07, 6.45) is 3.60. The lowest BCUT2D eigenvalue weighted by atomic mass is 10.3. The lowest BCUT2D eigenvalue weighted by Gasteiger charge is -2.05. The van der Waals surface area contributed by atoms with E-state index in [1.54, 1.807) is 22.8 Å². The van der Waals surface area contributed by atoms with Crippen molar-refractivity contribution in [1.82, 2.24) is 24.1 Å². The molecule has 0 bridgehead atoms. The maximum absolute atomic E-state index is 11.9. The van der Waals surface area contributed by atoms with Gasteiger partial charge in [-0.1, -0.05) is 0 Å². The number of fused-ring (bicyclic) bond motifs is 2. The summed E-state index contributed by atoms with van der Waals surface area (Å²) in [6.45, 7) is 1.97. The highest BCUT2D eigenvalue weighted by Crippen LogP contribution is 2.30. The summed E-state index contributed by atoms with van der Waals surface area (Å²) in [5.41, 5.74) is 2.57. The number of aromatic nitrogens is 5. The van der Waals surface area contributed by atoms with Crippen molar-refractivity contribution in [3.05, 3.63) is 42.4 Å². The van der Waals surface area contributed by atoms with Gasteiger partial charge in [0.15, 0.2) is 11.5 Å². The molecule has 5 rings (SSSR count). The molecule has 0 radical (unpaired) electrons. The molecule has 1 fully saturated rings. The van der Waals surface area contributed by atoms with Crippen LogP contribution in [0, 0.1) is 12.8 Å². The van der Waals surface area contributed by atoms with E-state index in [1.165, 1.54) is 0 Å². The van der Waals surface area contributed by atoms with E-state index in [2.05, 4.69) is 20.4 Å². The number of nitrogens with zero attached hydrogens (tertiary/aromatic N) is 5. The third-order valence-electron chi connectivity index (χ3n) is 4.79. The first-order valence-corrected chi connectivity index (χ1v) is 8.85. The summed E-state index contributed by atoms with van der Waals surface area (Å²) < 4.78 is 9.52. The number of amides is 1. The summed E-state index contributed by atoms with van der Waals surface area (Å²) in [5.74, 6) is 2.70. The van der Waals surface area contributed by atoms with Crippen LogP contribution in [0.2, 0.25) is 0 Å². The van der Waals surface area contributed by atoms with E-state index in [1.807, 2.05) is 36.7 Å². The minimum Gasteiger partial charge on any atom is -0.438 e. The van der Waals surface area contributed by atoms with Crippen molar-refractivity contribution in [2.45, 2.75) is 19.8 Å². The second-order valence-corrected chi connectivity index (χ2v) is 6.83. The first-order valence-electron chi connectivity index (χ1n) is 8.85. The van der Waals surface area contributed by atoms with Gasteiger partial charge in [-0.15, -0.1) is 5.10 Å². The van der Waals surface area contributed by atoms with Crippen LogP contribution in [0.5, 0.6) is 11.6 Å². The fourth-order valence-electron chi connectivity index (χ4n) is 3.04. The molecular weight excluding hydrogens is 344 g/mol. The molecule has 0 saturated heterocycles. The van der Waals surface area contributed by atoms with E-state index in [0.29, 0.717) is 23.1 Å². The molecule has 0 unspecified atom stereocenters.